The van der Waals surface area contributed by atoms with Crippen LogP contribution < -0.4 is 5.32 Å². The van der Waals surface area contributed by atoms with E-state index in [0.717, 1.165) is 19.4 Å². The minimum Gasteiger partial charge on any atom is -0.320 e. The molecule has 1 atom stereocenters. The van der Waals surface area contributed by atoms with E-state index in [1.54, 1.807) is 13.0 Å². The molecule has 1 N–H and O–H groups in total. The first-order valence-corrected chi connectivity index (χ1v) is 7.13. The Morgan fingerprint density at radius 3 is 2.59 bits per heavy atom. The van der Waals surface area contributed by atoms with Crippen molar-refractivity contribution in [3.8, 4) is 0 Å². The molecule has 0 unspecified atom stereocenters. The van der Waals surface area contributed by atoms with Gasteiger partial charge in [-0.3, -0.25) is 24.6 Å². The average Bonchev–Trinajstić information content (AvgIpc) is 2.83. The number of ketones is 1. The van der Waals surface area contributed by atoms with E-state index in [0.29, 0.717) is 5.56 Å². The van der Waals surface area contributed by atoms with Gasteiger partial charge in [-0.15, -0.1) is 0 Å². The van der Waals surface area contributed by atoms with Crippen molar-refractivity contribution in [1.29, 1.82) is 0 Å². The van der Waals surface area contributed by atoms with Crippen LogP contribution in [0.1, 0.15) is 35.7 Å². The summed E-state index contributed by atoms with van der Waals surface area (Å²) < 4.78 is 0. The monoisotopic (exact) mass is 305 g/mol. The van der Waals surface area contributed by atoms with Crippen LogP contribution >= 0.6 is 0 Å². The lowest BCUT2D eigenvalue weighted by Crippen LogP contribution is -2.34. The molecular formula is C15H19N3O4. The van der Waals surface area contributed by atoms with Gasteiger partial charge in [0.1, 0.15) is 5.69 Å². The summed E-state index contributed by atoms with van der Waals surface area (Å²) in [6.07, 6.45) is 1.63. The number of benzene rings is 1. The van der Waals surface area contributed by atoms with Crippen molar-refractivity contribution in [3.63, 3.8) is 0 Å². The Labute approximate surface area is 128 Å². The van der Waals surface area contributed by atoms with Crippen molar-refractivity contribution in [2.75, 3.05) is 18.9 Å². The molecule has 1 aliphatic rings. The summed E-state index contributed by atoms with van der Waals surface area (Å²) in [5.41, 5.74) is 0.607. The number of Topliss-reactive ketones (excluding diaryl/α,β-unsaturated/α-hetero) is 1. The number of likely N-dealkylation sites (N-methyl/N-ethyl adjacent to an activating group) is 1. The number of carbonyl (C=O) groups excluding carboxylic acids is 2. The highest BCUT2D eigenvalue weighted by atomic mass is 16.6. The van der Waals surface area contributed by atoms with Crippen molar-refractivity contribution in [1.82, 2.24) is 4.90 Å². The molecule has 0 saturated carbocycles. The number of rotatable bonds is 4. The molecule has 2 rings (SSSR count). The van der Waals surface area contributed by atoms with Gasteiger partial charge in [0.05, 0.1) is 16.5 Å². The topological polar surface area (TPSA) is 92.5 Å². The van der Waals surface area contributed by atoms with Crippen molar-refractivity contribution in [3.05, 3.63) is 33.4 Å². The molecule has 0 aromatic heterocycles. The largest absolute Gasteiger partial charge is 0.320 e. The fraction of sp³-hybridized carbons (Fsp3) is 0.467. The number of nitrogens with zero attached hydrogens (tertiary/aromatic N) is 2. The minimum atomic E-state index is -0.583. The second-order valence-corrected chi connectivity index (χ2v) is 5.59. The molecule has 7 nitrogen and oxygen atoms in total. The van der Waals surface area contributed by atoms with E-state index < -0.39 is 10.8 Å². The standard InChI is InChI=1S/C15H19N3O4/c1-9-6-7-11(18(21)22)14(16-10(2)19)13(9)15(20)12-5-4-8-17(12)3/h6-7,12H,4-5,8H2,1-3H3,(H,16,19)/t12-/m1/s1. The van der Waals surface area contributed by atoms with Gasteiger partial charge in [0.2, 0.25) is 5.91 Å². The molecule has 22 heavy (non-hydrogen) atoms. The normalized spacial score (nSPS) is 18.2. The number of hydrogen-bond donors (Lipinski definition) is 1. The number of likely N-dealkylation sites (tertiary alicyclic amines) is 1. The van der Waals surface area contributed by atoms with E-state index >= 15 is 0 Å². The van der Waals surface area contributed by atoms with Crippen LogP contribution in [0.25, 0.3) is 0 Å². The zero-order chi connectivity index (χ0) is 16.4. The fourth-order valence-corrected chi connectivity index (χ4v) is 2.88. The summed E-state index contributed by atoms with van der Waals surface area (Å²) in [5, 5.41) is 13.7. The Kier molecular flexibility index (Phi) is 4.56. The lowest BCUT2D eigenvalue weighted by atomic mass is 9.95. The molecule has 1 aliphatic heterocycles. The molecule has 0 radical (unpaired) electrons. The molecule has 1 fully saturated rings. The number of nitrogens with one attached hydrogen (secondary N) is 1. The van der Waals surface area contributed by atoms with Crippen LogP contribution in [0.15, 0.2) is 12.1 Å². The third-order valence-electron chi connectivity index (χ3n) is 3.96. The smallest absolute Gasteiger partial charge is 0.293 e. The summed E-state index contributed by atoms with van der Waals surface area (Å²) >= 11 is 0. The third kappa shape index (κ3) is 2.99. The zero-order valence-electron chi connectivity index (χ0n) is 12.9. The second kappa shape index (κ2) is 6.23. The number of nitro benzene ring substituents is 1. The first-order chi connectivity index (χ1) is 10.3. The van der Waals surface area contributed by atoms with E-state index in [9.17, 15) is 19.7 Å². The number of amides is 1. The van der Waals surface area contributed by atoms with E-state index in [4.69, 9.17) is 0 Å². The zero-order valence-corrected chi connectivity index (χ0v) is 12.9. The fourth-order valence-electron chi connectivity index (χ4n) is 2.88. The quantitative estimate of drug-likeness (QED) is 0.522. The van der Waals surface area contributed by atoms with Gasteiger partial charge >= 0.3 is 0 Å². The van der Waals surface area contributed by atoms with Crippen molar-refractivity contribution < 1.29 is 14.5 Å². The van der Waals surface area contributed by atoms with Gasteiger partial charge < -0.3 is 5.32 Å². The lowest BCUT2D eigenvalue weighted by molar-refractivity contribution is -0.384. The Hall–Kier alpha value is -2.28. The third-order valence-corrected chi connectivity index (χ3v) is 3.96. The van der Waals surface area contributed by atoms with Crippen molar-refractivity contribution >= 4 is 23.1 Å². The molecular weight excluding hydrogens is 286 g/mol. The SMILES string of the molecule is CC(=O)Nc1c([N+](=O)[O-])ccc(C)c1C(=O)[C@H]1CCCN1C. The van der Waals surface area contributed by atoms with Crippen molar-refractivity contribution in [2.45, 2.75) is 32.7 Å². The highest BCUT2D eigenvalue weighted by Gasteiger charge is 2.33. The molecule has 118 valence electrons. The van der Waals surface area contributed by atoms with Gasteiger partial charge in [-0.05, 0) is 38.9 Å². The van der Waals surface area contributed by atoms with Gasteiger partial charge in [0, 0.05) is 13.0 Å². The van der Waals surface area contributed by atoms with Crippen molar-refractivity contribution in [2.24, 2.45) is 0 Å². The van der Waals surface area contributed by atoms with Crippen LogP contribution in [0.5, 0.6) is 0 Å². The van der Waals surface area contributed by atoms with E-state index in [-0.39, 0.29) is 28.8 Å². The van der Waals surface area contributed by atoms with Crippen LogP contribution in [0, 0.1) is 17.0 Å². The first kappa shape index (κ1) is 16.1. The maximum atomic E-state index is 12.8. The molecule has 1 amide bonds. The van der Waals surface area contributed by atoms with Crippen LogP contribution in [0.3, 0.4) is 0 Å². The minimum absolute atomic E-state index is 0.00259. The maximum absolute atomic E-state index is 12.8. The van der Waals surface area contributed by atoms with E-state index in [1.807, 2.05) is 11.9 Å². The number of nitro groups is 1. The first-order valence-electron chi connectivity index (χ1n) is 7.13. The highest BCUT2D eigenvalue weighted by molar-refractivity contribution is 6.10. The molecule has 1 saturated heterocycles. The van der Waals surface area contributed by atoms with Gasteiger partial charge in [-0.2, -0.15) is 0 Å². The molecule has 1 heterocycles. The Morgan fingerprint density at radius 2 is 2.09 bits per heavy atom. The number of aryl methyl sites for hydroxylation is 1. The van der Waals surface area contributed by atoms with Gasteiger partial charge in [0.25, 0.3) is 5.69 Å². The molecule has 0 spiro atoms. The summed E-state index contributed by atoms with van der Waals surface area (Å²) in [4.78, 5) is 36.8. The number of carbonyl (C=O) groups is 2. The molecule has 1 aromatic rings. The second-order valence-electron chi connectivity index (χ2n) is 5.59. The van der Waals surface area contributed by atoms with E-state index in [2.05, 4.69) is 5.32 Å². The number of anilines is 1. The average molecular weight is 305 g/mol. The van der Waals surface area contributed by atoms with Crippen LogP contribution in [-0.2, 0) is 4.79 Å². The summed E-state index contributed by atoms with van der Waals surface area (Å²) in [7, 11) is 1.86. The van der Waals surface area contributed by atoms with Crippen LogP contribution in [-0.4, -0.2) is 41.1 Å². The Balaban J connectivity index is 2.57. The van der Waals surface area contributed by atoms with Gasteiger partial charge in [-0.25, -0.2) is 0 Å². The molecule has 1 aromatic carbocycles. The molecule has 0 aliphatic carbocycles. The maximum Gasteiger partial charge on any atom is 0.293 e. The molecule has 0 bridgehead atoms. The summed E-state index contributed by atoms with van der Waals surface area (Å²) in [6, 6.07) is 2.56. The predicted octanol–water partition coefficient (Wildman–Crippen LogP) is 2.14. The van der Waals surface area contributed by atoms with Crippen LogP contribution in [0.2, 0.25) is 0 Å². The summed E-state index contributed by atoms with van der Waals surface area (Å²) in [6.45, 7) is 3.80. The highest BCUT2D eigenvalue weighted by Crippen LogP contribution is 2.33. The lowest BCUT2D eigenvalue weighted by Gasteiger charge is -2.21. The van der Waals surface area contributed by atoms with Gasteiger partial charge in [-0.1, -0.05) is 6.07 Å². The Bertz CT molecular complexity index is 642. The summed E-state index contributed by atoms with van der Waals surface area (Å²) in [5.74, 6) is -0.618. The van der Waals surface area contributed by atoms with Crippen LogP contribution in [0.4, 0.5) is 11.4 Å². The molecule has 7 heteroatoms. The Morgan fingerprint density at radius 1 is 1.41 bits per heavy atom. The number of hydrogen-bond acceptors (Lipinski definition) is 5. The van der Waals surface area contributed by atoms with E-state index in [1.165, 1.54) is 13.0 Å². The predicted molar refractivity (Wildman–Crippen MR) is 82.1 cm³/mol. The van der Waals surface area contributed by atoms with Gasteiger partial charge in [0.15, 0.2) is 5.78 Å².